The third-order valence-corrected chi connectivity index (χ3v) is 3.89. The zero-order valence-electron chi connectivity index (χ0n) is 15.5. The molecule has 0 spiro atoms. The predicted molar refractivity (Wildman–Crippen MR) is 98.6 cm³/mol. The van der Waals surface area contributed by atoms with Gasteiger partial charge in [0.25, 0.3) is 5.91 Å². The van der Waals surface area contributed by atoms with E-state index in [1.807, 2.05) is 6.07 Å². The Morgan fingerprint density at radius 2 is 1.78 bits per heavy atom. The lowest BCUT2D eigenvalue weighted by Crippen LogP contribution is -2.21. The third kappa shape index (κ3) is 5.99. The Kier molecular flexibility index (Phi) is 7.16. The van der Waals surface area contributed by atoms with Crippen LogP contribution in [0.25, 0.3) is 0 Å². The molecule has 0 heterocycles. The number of benzene rings is 2. The Balaban J connectivity index is 1.78. The number of hydrogen-bond acceptors (Lipinski definition) is 5. The van der Waals surface area contributed by atoms with E-state index in [4.69, 9.17) is 14.2 Å². The predicted octanol–water partition coefficient (Wildman–Crippen LogP) is 3.27. The van der Waals surface area contributed by atoms with Crippen LogP contribution in [0.5, 0.6) is 11.5 Å². The van der Waals surface area contributed by atoms with Crippen LogP contribution in [0.1, 0.15) is 17.5 Å². The molecule has 144 valence electrons. The lowest BCUT2D eigenvalue weighted by Gasteiger charge is -2.10. The highest BCUT2D eigenvalue weighted by molar-refractivity contribution is 5.92. The van der Waals surface area contributed by atoms with Gasteiger partial charge >= 0.3 is 5.97 Å². The molecule has 2 aromatic rings. The van der Waals surface area contributed by atoms with Crippen molar-refractivity contribution in [2.75, 3.05) is 26.1 Å². The molecule has 1 N–H and O–H groups in total. The van der Waals surface area contributed by atoms with Crippen molar-refractivity contribution >= 4 is 17.6 Å². The minimum Gasteiger partial charge on any atom is -0.493 e. The minimum atomic E-state index is -0.530. The van der Waals surface area contributed by atoms with Crippen molar-refractivity contribution in [2.45, 2.75) is 19.8 Å². The Morgan fingerprint density at radius 3 is 2.44 bits per heavy atom. The fraction of sp³-hybridized carbons (Fsp3) is 0.300. The Bertz CT molecular complexity index is 822. The van der Waals surface area contributed by atoms with Crippen LogP contribution >= 0.6 is 0 Å². The van der Waals surface area contributed by atoms with Crippen molar-refractivity contribution in [3.05, 3.63) is 53.3 Å². The number of anilines is 1. The fourth-order valence-electron chi connectivity index (χ4n) is 2.37. The molecule has 0 bridgehead atoms. The summed E-state index contributed by atoms with van der Waals surface area (Å²) in [6.45, 7) is 1.20. The number of halogens is 1. The number of aryl methyl sites for hydroxylation is 2. The monoisotopic (exact) mass is 375 g/mol. The van der Waals surface area contributed by atoms with Crippen LogP contribution in [0.2, 0.25) is 0 Å². The molecule has 0 saturated carbocycles. The average molecular weight is 375 g/mol. The van der Waals surface area contributed by atoms with Gasteiger partial charge in [-0.05, 0) is 48.7 Å². The molecular weight excluding hydrogens is 353 g/mol. The molecule has 2 aromatic carbocycles. The zero-order valence-corrected chi connectivity index (χ0v) is 15.5. The Hall–Kier alpha value is -3.09. The molecule has 0 unspecified atom stereocenters. The molecule has 0 saturated heterocycles. The number of amides is 1. The van der Waals surface area contributed by atoms with Crippen molar-refractivity contribution in [2.24, 2.45) is 0 Å². The van der Waals surface area contributed by atoms with Gasteiger partial charge in [0.2, 0.25) is 0 Å². The molecule has 0 aliphatic heterocycles. The minimum absolute atomic E-state index is 0.113. The fourth-order valence-corrected chi connectivity index (χ4v) is 2.37. The van der Waals surface area contributed by atoms with E-state index in [1.165, 1.54) is 13.2 Å². The van der Waals surface area contributed by atoms with E-state index in [-0.39, 0.29) is 6.42 Å². The van der Waals surface area contributed by atoms with Crippen molar-refractivity contribution in [1.82, 2.24) is 0 Å². The van der Waals surface area contributed by atoms with E-state index in [0.717, 1.165) is 5.56 Å². The van der Waals surface area contributed by atoms with Crippen molar-refractivity contribution in [3.8, 4) is 11.5 Å². The summed E-state index contributed by atoms with van der Waals surface area (Å²) in [5, 5.41) is 2.48. The summed E-state index contributed by atoms with van der Waals surface area (Å²) in [6, 6.07) is 9.72. The molecule has 0 aliphatic carbocycles. The molecule has 0 aromatic heterocycles. The number of carbonyl (C=O) groups is 2. The van der Waals surface area contributed by atoms with Gasteiger partial charge in [0.15, 0.2) is 18.1 Å². The van der Waals surface area contributed by atoms with Gasteiger partial charge in [-0.1, -0.05) is 12.1 Å². The molecule has 0 aliphatic rings. The van der Waals surface area contributed by atoms with Crippen LogP contribution in [-0.4, -0.2) is 32.7 Å². The van der Waals surface area contributed by atoms with E-state index in [9.17, 15) is 14.0 Å². The number of methoxy groups -OCH3 is 2. The summed E-state index contributed by atoms with van der Waals surface area (Å²) in [4.78, 5) is 23.6. The summed E-state index contributed by atoms with van der Waals surface area (Å²) in [5.41, 5.74) is 1.67. The van der Waals surface area contributed by atoms with Gasteiger partial charge in [0, 0.05) is 12.1 Å². The van der Waals surface area contributed by atoms with Crippen LogP contribution < -0.4 is 14.8 Å². The SMILES string of the molecule is COc1ccc(CCC(=O)OCC(=O)Nc2ccc(C)c(F)c2)cc1OC. The number of esters is 1. The summed E-state index contributed by atoms with van der Waals surface area (Å²) in [6.07, 6.45) is 0.548. The molecule has 0 fully saturated rings. The average Bonchev–Trinajstić information content (AvgIpc) is 2.67. The van der Waals surface area contributed by atoms with E-state index in [0.29, 0.717) is 29.2 Å². The second kappa shape index (κ2) is 9.56. The molecule has 2 rings (SSSR count). The highest BCUT2D eigenvalue weighted by Gasteiger charge is 2.11. The van der Waals surface area contributed by atoms with Gasteiger partial charge in [0.05, 0.1) is 14.2 Å². The lowest BCUT2D eigenvalue weighted by atomic mass is 10.1. The van der Waals surface area contributed by atoms with Crippen LogP contribution in [0, 0.1) is 12.7 Å². The number of ether oxygens (including phenoxy) is 3. The number of hydrogen-bond donors (Lipinski definition) is 1. The third-order valence-electron chi connectivity index (χ3n) is 3.89. The van der Waals surface area contributed by atoms with Crippen LogP contribution in [0.3, 0.4) is 0 Å². The van der Waals surface area contributed by atoms with Crippen molar-refractivity contribution in [1.29, 1.82) is 0 Å². The molecule has 27 heavy (non-hydrogen) atoms. The Labute approximate surface area is 157 Å². The summed E-state index contributed by atoms with van der Waals surface area (Å²) < 4.78 is 28.8. The number of nitrogens with one attached hydrogen (secondary N) is 1. The van der Waals surface area contributed by atoms with Gasteiger partial charge < -0.3 is 19.5 Å². The first-order chi connectivity index (χ1) is 12.9. The van der Waals surface area contributed by atoms with Gasteiger partial charge in [-0.2, -0.15) is 0 Å². The lowest BCUT2D eigenvalue weighted by molar-refractivity contribution is -0.147. The molecular formula is C20H22FNO5. The molecule has 1 amide bonds. The van der Waals surface area contributed by atoms with Crippen LogP contribution in [-0.2, 0) is 20.7 Å². The normalized spacial score (nSPS) is 10.2. The smallest absolute Gasteiger partial charge is 0.306 e. The second-order valence-corrected chi connectivity index (χ2v) is 5.86. The quantitative estimate of drug-likeness (QED) is 0.717. The zero-order chi connectivity index (χ0) is 19.8. The number of rotatable bonds is 8. The van der Waals surface area contributed by atoms with Gasteiger partial charge in [-0.15, -0.1) is 0 Å². The molecule has 6 nitrogen and oxygen atoms in total. The molecule has 7 heteroatoms. The standard InChI is InChI=1S/C20H22FNO5/c1-13-4-7-15(11-16(13)21)22-19(23)12-27-20(24)9-6-14-5-8-17(25-2)18(10-14)26-3/h4-5,7-8,10-11H,6,9,12H2,1-3H3,(H,22,23). The first-order valence-corrected chi connectivity index (χ1v) is 8.35. The van der Waals surface area contributed by atoms with Crippen molar-refractivity contribution in [3.63, 3.8) is 0 Å². The van der Waals surface area contributed by atoms with E-state index in [2.05, 4.69) is 5.32 Å². The maximum absolute atomic E-state index is 13.5. The highest BCUT2D eigenvalue weighted by Crippen LogP contribution is 2.28. The first-order valence-electron chi connectivity index (χ1n) is 8.35. The van der Waals surface area contributed by atoms with Crippen molar-refractivity contribution < 1.29 is 28.2 Å². The maximum Gasteiger partial charge on any atom is 0.306 e. The maximum atomic E-state index is 13.5. The Morgan fingerprint density at radius 1 is 1.04 bits per heavy atom. The van der Waals surface area contributed by atoms with Crippen LogP contribution in [0.4, 0.5) is 10.1 Å². The van der Waals surface area contributed by atoms with E-state index < -0.39 is 24.3 Å². The van der Waals surface area contributed by atoms with Gasteiger partial charge in [0.1, 0.15) is 5.82 Å². The summed E-state index contributed by atoms with van der Waals surface area (Å²) in [7, 11) is 3.08. The van der Waals surface area contributed by atoms with Gasteiger partial charge in [-0.3, -0.25) is 9.59 Å². The summed E-state index contributed by atoms with van der Waals surface area (Å²) >= 11 is 0. The van der Waals surface area contributed by atoms with E-state index in [1.54, 1.807) is 38.3 Å². The number of carbonyl (C=O) groups excluding carboxylic acids is 2. The first kappa shape index (κ1) is 20.2. The highest BCUT2D eigenvalue weighted by atomic mass is 19.1. The molecule has 0 atom stereocenters. The summed E-state index contributed by atoms with van der Waals surface area (Å²) in [5.74, 6) is -0.270. The van der Waals surface area contributed by atoms with Gasteiger partial charge in [-0.25, -0.2) is 4.39 Å². The molecule has 0 radical (unpaired) electrons. The van der Waals surface area contributed by atoms with E-state index >= 15 is 0 Å². The largest absolute Gasteiger partial charge is 0.493 e. The van der Waals surface area contributed by atoms with Crippen LogP contribution in [0.15, 0.2) is 36.4 Å². The second-order valence-electron chi connectivity index (χ2n) is 5.86. The topological polar surface area (TPSA) is 73.9 Å².